The maximum atomic E-state index is 13.0. The summed E-state index contributed by atoms with van der Waals surface area (Å²) in [4.78, 5) is 25.0. The normalized spacial score (nSPS) is 18.9. The molecule has 29 heavy (non-hydrogen) atoms. The number of benzene rings is 1. The number of rotatable bonds is 7. The number of carbonyl (C=O) groups excluding carboxylic acids is 1. The summed E-state index contributed by atoms with van der Waals surface area (Å²) in [6, 6.07) is 9.11. The van der Waals surface area contributed by atoms with Gasteiger partial charge in [0.15, 0.2) is 5.82 Å². The molecule has 1 aromatic heterocycles. The Kier molecular flexibility index (Phi) is 6.65. The first kappa shape index (κ1) is 20.1. The van der Waals surface area contributed by atoms with E-state index in [2.05, 4.69) is 51.0 Å². The molecule has 0 radical (unpaired) electrons. The molecule has 5 heteroatoms. The third-order valence-corrected chi connectivity index (χ3v) is 6.85. The molecule has 1 aliphatic carbocycles. The summed E-state index contributed by atoms with van der Waals surface area (Å²) in [5, 5.41) is 0. The minimum Gasteiger partial charge on any atom is -0.341 e. The molecule has 2 aromatic rings. The molecule has 1 amide bonds. The molecule has 1 aliphatic heterocycles. The number of imidazole rings is 1. The zero-order chi connectivity index (χ0) is 20.1. The van der Waals surface area contributed by atoms with E-state index in [9.17, 15) is 4.79 Å². The quantitative estimate of drug-likeness (QED) is 0.771. The molecule has 1 saturated heterocycles. The van der Waals surface area contributed by atoms with Gasteiger partial charge in [-0.15, -0.1) is 0 Å². The van der Waals surface area contributed by atoms with Crippen LogP contribution >= 0.6 is 0 Å². The largest absolute Gasteiger partial charge is 0.341 e. The number of amides is 1. The van der Waals surface area contributed by atoms with E-state index in [-0.39, 0.29) is 5.91 Å². The second-order valence-corrected chi connectivity index (χ2v) is 8.80. The van der Waals surface area contributed by atoms with Gasteiger partial charge < -0.3 is 14.8 Å². The first-order valence-corrected chi connectivity index (χ1v) is 11.3. The number of nitrogens with zero attached hydrogens (tertiary/aromatic N) is 3. The lowest BCUT2D eigenvalue weighted by Crippen LogP contribution is -2.45. The van der Waals surface area contributed by atoms with Crippen molar-refractivity contribution in [3.63, 3.8) is 0 Å². The van der Waals surface area contributed by atoms with E-state index in [1.807, 2.05) is 0 Å². The van der Waals surface area contributed by atoms with Gasteiger partial charge in [-0.05, 0) is 69.2 Å². The maximum absolute atomic E-state index is 13.0. The van der Waals surface area contributed by atoms with Gasteiger partial charge in [-0.1, -0.05) is 37.1 Å². The molecule has 156 valence electrons. The summed E-state index contributed by atoms with van der Waals surface area (Å²) in [5.74, 6) is 1.18. The highest BCUT2D eigenvalue weighted by Gasteiger charge is 2.31. The molecule has 5 nitrogen and oxygen atoms in total. The third-order valence-electron chi connectivity index (χ3n) is 6.85. The monoisotopic (exact) mass is 394 g/mol. The lowest BCUT2D eigenvalue weighted by molar-refractivity contribution is 0.0587. The van der Waals surface area contributed by atoms with Gasteiger partial charge >= 0.3 is 0 Å². The fourth-order valence-corrected chi connectivity index (χ4v) is 4.97. The van der Waals surface area contributed by atoms with E-state index in [1.165, 1.54) is 36.8 Å². The molecule has 0 atom stereocenters. The zero-order valence-electron chi connectivity index (χ0n) is 17.6. The maximum Gasteiger partial charge on any atom is 0.289 e. The van der Waals surface area contributed by atoms with E-state index in [1.54, 1.807) is 12.4 Å². The lowest BCUT2D eigenvalue weighted by Gasteiger charge is -2.37. The summed E-state index contributed by atoms with van der Waals surface area (Å²) in [5.41, 5.74) is 2.86. The average molecular weight is 395 g/mol. The van der Waals surface area contributed by atoms with Crippen LogP contribution in [0.15, 0.2) is 36.7 Å². The molecule has 1 saturated carbocycles. The van der Waals surface area contributed by atoms with Crippen LogP contribution in [0, 0.1) is 12.8 Å². The molecule has 0 spiro atoms. The molecular weight excluding hydrogens is 360 g/mol. The van der Waals surface area contributed by atoms with Crippen molar-refractivity contribution in [3.05, 3.63) is 53.6 Å². The Morgan fingerprint density at radius 2 is 1.93 bits per heavy atom. The Labute approximate surface area is 174 Å². The fraction of sp³-hybridized carbons (Fsp3) is 0.583. The molecule has 0 bridgehead atoms. The summed E-state index contributed by atoms with van der Waals surface area (Å²) in [6.07, 6.45) is 11.7. The van der Waals surface area contributed by atoms with Gasteiger partial charge in [-0.3, -0.25) is 4.79 Å². The average Bonchev–Trinajstić information content (AvgIpc) is 3.46. The fourth-order valence-electron chi connectivity index (χ4n) is 4.97. The Bertz CT molecular complexity index is 774. The number of nitrogens with one attached hydrogen (secondary N) is 1. The molecule has 4 rings (SSSR count). The number of H-pyrrole nitrogens is 1. The van der Waals surface area contributed by atoms with Crippen molar-refractivity contribution in [1.82, 2.24) is 19.8 Å². The second-order valence-electron chi connectivity index (χ2n) is 8.80. The van der Waals surface area contributed by atoms with Crippen LogP contribution in [0.5, 0.6) is 0 Å². The number of hydrogen-bond acceptors (Lipinski definition) is 3. The van der Waals surface area contributed by atoms with E-state index in [0.717, 1.165) is 45.4 Å². The minimum atomic E-state index is 0.0869. The van der Waals surface area contributed by atoms with Crippen LogP contribution in [0.25, 0.3) is 0 Å². The first-order valence-electron chi connectivity index (χ1n) is 11.3. The van der Waals surface area contributed by atoms with Crippen LogP contribution < -0.4 is 0 Å². The molecule has 0 unspecified atom stereocenters. The summed E-state index contributed by atoms with van der Waals surface area (Å²) >= 11 is 0. The van der Waals surface area contributed by atoms with Crippen LogP contribution in [0.4, 0.5) is 0 Å². The van der Waals surface area contributed by atoms with Crippen molar-refractivity contribution >= 4 is 5.91 Å². The van der Waals surface area contributed by atoms with E-state index in [0.29, 0.717) is 17.8 Å². The second kappa shape index (κ2) is 9.57. The van der Waals surface area contributed by atoms with Crippen LogP contribution in [0.3, 0.4) is 0 Å². The van der Waals surface area contributed by atoms with Crippen LogP contribution in [-0.2, 0) is 6.42 Å². The molecule has 2 fully saturated rings. The van der Waals surface area contributed by atoms with Gasteiger partial charge in [-0.2, -0.15) is 0 Å². The van der Waals surface area contributed by atoms with Gasteiger partial charge in [0.1, 0.15) is 0 Å². The first-order chi connectivity index (χ1) is 14.2. The molecule has 1 aromatic carbocycles. The smallest absolute Gasteiger partial charge is 0.289 e. The Morgan fingerprint density at radius 1 is 1.17 bits per heavy atom. The third kappa shape index (κ3) is 5.08. The molecular formula is C24H34N4O. The zero-order valence-corrected chi connectivity index (χ0v) is 17.6. The summed E-state index contributed by atoms with van der Waals surface area (Å²) in [7, 11) is 0. The highest BCUT2D eigenvalue weighted by molar-refractivity contribution is 5.90. The number of carbonyl (C=O) groups is 1. The van der Waals surface area contributed by atoms with Crippen LogP contribution in [0.1, 0.15) is 60.3 Å². The van der Waals surface area contributed by atoms with Crippen molar-refractivity contribution in [2.45, 2.75) is 57.9 Å². The van der Waals surface area contributed by atoms with E-state index >= 15 is 0 Å². The lowest BCUT2D eigenvalue weighted by atomic mass is 9.94. The van der Waals surface area contributed by atoms with E-state index < -0.39 is 0 Å². The number of aromatic amines is 1. The van der Waals surface area contributed by atoms with E-state index in [4.69, 9.17) is 0 Å². The topological polar surface area (TPSA) is 52.2 Å². The predicted molar refractivity (Wildman–Crippen MR) is 116 cm³/mol. The van der Waals surface area contributed by atoms with Gasteiger partial charge in [0.05, 0.1) is 0 Å². The van der Waals surface area contributed by atoms with Gasteiger partial charge in [0.25, 0.3) is 5.91 Å². The highest BCUT2D eigenvalue weighted by Crippen LogP contribution is 2.28. The number of piperidine rings is 1. The summed E-state index contributed by atoms with van der Waals surface area (Å²) in [6.45, 7) is 6.51. The van der Waals surface area contributed by atoms with Crippen LogP contribution in [0.2, 0.25) is 0 Å². The van der Waals surface area contributed by atoms with Crippen molar-refractivity contribution in [2.75, 3.05) is 26.2 Å². The number of aromatic nitrogens is 2. The van der Waals surface area contributed by atoms with Gasteiger partial charge in [0, 0.05) is 31.5 Å². The number of aryl methyl sites for hydroxylation is 1. The van der Waals surface area contributed by atoms with Gasteiger partial charge in [0.2, 0.25) is 0 Å². The van der Waals surface area contributed by atoms with Crippen molar-refractivity contribution in [2.24, 2.45) is 5.92 Å². The van der Waals surface area contributed by atoms with Crippen molar-refractivity contribution in [3.8, 4) is 0 Å². The molecule has 1 N–H and O–H groups in total. The van der Waals surface area contributed by atoms with Gasteiger partial charge in [-0.25, -0.2) is 4.98 Å². The predicted octanol–water partition coefficient (Wildman–Crippen LogP) is 4.06. The molecule has 2 aliphatic rings. The Hall–Kier alpha value is -2.14. The number of likely N-dealkylation sites (tertiary alicyclic amines) is 1. The Balaban J connectivity index is 1.30. The van der Waals surface area contributed by atoms with Crippen LogP contribution in [-0.4, -0.2) is 57.9 Å². The standard InChI is InChI=1S/C24H34N4O/c1-19-6-2-3-7-21(19)12-17-27-15-10-20(11-16-27)18-28(22-8-4-5-9-22)24(29)23-25-13-14-26-23/h2-3,6-7,13-14,20,22H,4-5,8-12,15-18H2,1H3,(H,25,26). The Morgan fingerprint density at radius 3 is 2.62 bits per heavy atom. The van der Waals surface area contributed by atoms with Crippen molar-refractivity contribution in [1.29, 1.82) is 0 Å². The van der Waals surface area contributed by atoms with Crippen molar-refractivity contribution < 1.29 is 4.79 Å². The molecule has 2 heterocycles. The minimum absolute atomic E-state index is 0.0869. The summed E-state index contributed by atoms with van der Waals surface area (Å²) < 4.78 is 0. The SMILES string of the molecule is Cc1ccccc1CCN1CCC(CN(C(=O)c2ncc[nH]2)C2CCCC2)CC1. The number of hydrogen-bond donors (Lipinski definition) is 1. The highest BCUT2D eigenvalue weighted by atomic mass is 16.2.